The molecule has 0 amide bonds. The van der Waals surface area contributed by atoms with Gasteiger partial charge in [0.2, 0.25) is 0 Å². The Kier molecular flexibility index (Phi) is 2.70. The van der Waals surface area contributed by atoms with Gasteiger partial charge in [0.1, 0.15) is 11.6 Å². The maximum absolute atomic E-state index is 13.3. The fourth-order valence-electron chi connectivity index (χ4n) is 1.21. The number of halogens is 4. The largest absolute Gasteiger partial charge is 0.263 e. The minimum atomic E-state index is -0.598. The van der Waals surface area contributed by atoms with Crippen LogP contribution in [0.1, 0.15) is 0 Å². The topological polar surface area (TPSA) is 12.9 Å². The highest BCUT2D eigenvalue weighted by Crippen LogP contribution is 2.31. The van der Waals surface area contributed by atoms with Gasteiger partial charge in [-0.25, -0.2) is 8.78 Å². The molecule has 0 aliphatic carbocycles. The lowest BCUT2D eigenvalue weighted by molar-refractivity contribution is 0.587. The van der Waals surface area contributed by atoms with Crippen LogP contribution < -0.4 is 0 Å². The van der Waals surface area contributed by atoms with Crippen molar-refractivity contribution in [3.63, 3.8) is 0 Å². The van der Waals surface area contributed by atoms with Gasteiger partial charge in [0, 0.05) is 32.8 Å². The van der Waals surface area contributed by atoms with Gasteiger partial charge in [0.05, 0.1) is 4.47 Å². The first kappa shape index (κ1) is 10.2. The summed E-state index contributed by atoms with van der Waals surface area (Å²) in [4.78, 5) is 3.85. The second-order valence-electron chi connectivity index (χ2n) is 2.70. The van der Waals surface area contributed by atoms with Gasteiger partial charge in [-0.2, -0.15) is 0 Å². The summed E-state index contributed by atoms with van der Waals surface area (Å²) in [5.74, 6) is -1.19. The fourth-order valence-corrected chi connectivity index (χ4v) is 2.84. The first-order valence-electron chi connectivity index (χ1n) is 3.68. The van der Waals surface area contributed by atoms with Crippen molar-refractivity contribution in [2.75, 3.05) is 0 Å². The predicted octanol–water partition coefficient (Wildman–Crippen LogP) is 3.88. The molecule has 0 atom stereocenters. The second-order valence-corrected chi connectivity index (χ2v) is 4.65. The standard InChI is InChI=1S/C9H3BrF2IN/c10-9-6(12)1-5(11)4-2-14-3-7(13)8(4)9/h1-3H. The number of fused-ring (bicyclic) bond motifs is 1. The molecule has 0 spiro atoms. The van der Waals surface area contributed by atoms with E-state index in [1.165, 1.54) is 6.20 Å². The molecule has 0 saturated heterocycles. The number of rotatable bonds is 0. The smallest absolute Gasteiger partial charge is 0.140 e. The molecule has 1 aromatic heterocycles. The zero-order valence-electron chi connectivity index (χ0n) is 6.69. The van der Waals surface area contributed by atoms with Crippen LogP contribution in [0, 0.1) is 15.2 Å². The number of hydrogen-bond donors (Lipinski definition) is 0. The van der Waals surface area contributed by atoms with Gasteiger partial charge in [0.15, 0.2) is 0 Å². The molecule has 0 unspecified atom stereocenters. The first-order valence-corrected chi connectivity index (χ1v) is 5.55. The van der Waals surface area contributed by atoms with Gasteiger partial charge < -0.3 is 0 Å². The average molecular weight is 370 g/mol. The highest BCUT2D eigenvalue weighted by molar-refractivity contribution is 14.1. The lowest BCUT2D eigenvalue weighted by atomic mass is 10.2. The highest BCUT2D eigenvalue weighted by Gasteiger charge is 2.12. The van der Waals surface area contributed by atoms with E-state index in [2.05, 4.69) is 20.9 Å². The van der Waals surface area contributed by atoms with Crippen LogP contribution in [0.15, 0.2) is 22.9 Å². The third kappa shape index (κ3) is 1.52. The monoisotopic (exact) mass is 369 g/mol. The van der Waals surface area contributed by atoms with Crippen LogP contribution in [0.2, 0.25) is 0 Å². The summed E-state index contributed by atoms with van der Waals surface area (Å²) in [5.41, 5.74) is 0. The zero-order valence-corrected chi connectivity index (χ0v) is 10.4. The van der Waals surface area contributed by atoms with Crippen molar-refractivity contribution in [3.8, 4) is 0 Å². The van der Waals surface area contributed by atoms with Crippen LogP contribution in [0.5, 0.6) is 0 Å². The van der Waals surface area contributed by atoms with Crippen molar-refractivity contribution in [1.82, 2.24) is 4.98 Å². The molecule has 1 nitrogen and oxygen atoms in total. The van der Waals surface area contributed by atoms with Crippen LogP contribution >= 0.6 is 38.5 Å². The van der Waals surface area contributed by atoms with E-state index >= 15 is 0 Å². The minimum absolute atomic E-state index is 0.278. The number of nitrogens with zero attached hydrogens (tertiary/aromatic N) is 1. The maximum atomic E-state index is 13.3. The summed E-state index contributed by atoms with van der Waals surface area (Å²) < 4.78 is 27.5. The Hall–Kier alpha value is -0.300. The summed E-state index contributed by atoms with van der Waals surface area (Å²) in [7, 11) is 0. The molecule has 0 N–H and O–H groups in total. The van der Waals surface area contributed by atoms with Crippen LogP contribution in [0.4, 0.5) is 8.78 Å². The Balaban J connectivity index is 3.03. The van der Waals surface area contributed by atoms with E-state index in [1.807, 2.05) is 22.6 Å². The number of benzene rings is 1. The van der Waals surface area contributed by atoms with E-state index in [0.29, 0.717) is 14.3 Å². The summed E-state index contributed by atoms with van der Waals surface area (Å²) in [6.45, 7) is 0. The van der Waals surface area contributed by atoms with E-state index in [9.17, 15) is 8.78 Å². The quantitative estimate of drug-likeness (QED) is 0.507. The molecule has 1 heterocycles. The number of pyridine rings is 1. The van der Waals surface area contributed by atoms with Crippen LogP contribution in [0.25, 0.3) is 10.8 Å². The molecule has 2 aromatic rings. The Labute approximate surface area is 101 Å². The molecule has 0 aliphatic heterocycles. The Morgan fingerprint density at radius 3 is 2.64 bits per heavy atom. The highest BCUT2D eigenvalue weighted by atomic mass is 127. The van der Waals surface area contributed by atoms with Gasteiger partial charge in [-0.1, -0.05) is 0 Å². The number of hydrogen-bond acceptors (Lipinski definition) is 1. The Morgan fingerprint density at radius 2 is 1.93 bits per heavy atom. The molecular formula is C9H3BrF2IN. The van der Waals surface area contributed by atoms with Crippen molar-refractivity contribution < 1.29 is 8.78 Å². The maximum Gasteiger partial charge on any atom is 0.140 e. The summed E-state index contributed by atoms with van der Waals surface area (Å²) >= 11 is 5.08. The van der Waals surface area contributed by atoms with Crippen molar-refractivity contribution in [1.29, 1.82) is 0 Å². The normalized spacial score (nSPS) is 10.9. The van der Waals surface area contributed by atoms with Gasteiger partial charge in [-0.05, 0) is 38.5 Å². The molecule has 0 radical (unpaired) electrons. The fraction of sp³-hybridized carbons (Fsp3) is 0. The van der Waals surface area contributed by atoms with Crippen molar-refractivity contribution in [2.24, 2.45) is 0 Å². The molecule has 0 aliphatic rings. The molecule has 0 saturated carbocycles. The van der Waals surface area contributed by atoms with E-state index < -0.39 is 11.6 Å². The third-order valence-electron chi connectivity index (χ3n) is 1.84. The lowest BCUT2D eigenvalue weighted by Gasteiger charge is -2.04. The average Bonchev–Trinajstić information content (AvgIpc) is 2.14. The summed E-state index contributed by atoms with van der Waals surface area (Å²) in [6.07, 6.45) is 2.95. The molecular weight excluding hydrogens is 367 g/mol. The van der Waals surface area contributed by atoms with Crippen LogP contribution in [-0.2, 0) is 0 Å². The van der Waals surface area contributed by atoms with E-state index in [0.717, 1.165) is 6.07 Å². The number of aromatic nitrogens is 1. The summed E-state index contributed by atoms with van der Waals surface area (Å²) in [6, 6.07) is 0.851. The molecule has 0 fully saturated rings. The molecule has 5 heteroatoms. The van der Waals surface area contributed by atoms with Gasteiger partial charge in [0.25, 0.3) is 0 Å². The van der Waals surface area contributed by atoms with Gasteiger partial charge in [-0.15, -0.1) is 0 Å². The van der Waals surface area contributed by atoms with Crippen molar-refractivity contribution >= 4 is 49.3 Å². The summed E-state index contributed by atoms with van der Waals surface area (Å²) in [5, 5.41) is 0.850. The first-order chi connectivity index (χ1) is 6.61. The molecule has 1 aromatic carbocycles. The van der Waals surface area contributed by atoms with E-state index in [1.54, 1.807) is 6.20 Å². The minimum Gasteiger partial charge on any atom is -0.263 e. The van der Waals surface area contributed by atoms with Crippen LogP contribution in [0.3, 0.4) is 0 Å². The van der Waals surface area contributed by atoms with E-state index in [-0.39, 0.29) is 4.47 Å². The molecule has 0 bridgehead atoms. The molecule has 72 valence electrons. The van der Waals surface area contributed by atoms with Gasteiger partial charge >= 0.3 is 0 Å². The van der Waals surface area contributed by atoms with E-state index in [4.69, 9.17) is 0 Å². The SMILES string of the molecule is Fc1cc(F)c2cncc(I)c2c1Br. The van der Waals surface area contributed by atoms with Crippen LogP contribution in [-0.4, -0.2) is 4.98 Å². The van der Waals surface area contributed by atoms with Gasteiger partial charge in [-0.3, -0.25) is 4.98 Å². The van der Waals surface area contributed by atoms with Crippen molar-refractivity contribution in [2.45, 2.75) is 0 Å². The second kappa shape index (κ2) is 3.69. The molecule has 2 rings (SSSR count). The lowest BCUT2D eigenvalue weighted by Crippen LogP contribution is -1.90. The van der Waals surface area contributed by atoms with Crippen molar-refractivity contribution in [3.05, 3.63) is 38.1 Å². The molecule has 14 heavy (non-hydrogen) atoms. The Bertz CT molecular complexity index is 516. The third-order valence-corrected chi connectivity index (χ3v) is 3.43. The predicted molar refractivity (Wildman–Crippen MR) is 62.1 cm³/mol. The zero-order chi connectivity index (χ0) is 10.3. The Morgan fingerprint density at radius 1 is 1.21 bits per heavy atom.